The minimum absolute atomic E-state index is 0.194. The normalized spacial score (nSPS) is 11.6. The van der Waals surface area contributed by atoms with E-state index in [0.29, 0.717) is 28.8 Å². The highest BCUT2D eigenvalue weighted by atomic mass is 79.9. The second-order valence-electron chi connectivity index (χ2n) is 8.37. The largest absolute Gasteiger partial charge is 0.482 e. The van der Waals surface area contributed by atoms with E-state index in [1.165, 1.54) is 0 Å². The van der Waals surface area contributed by atoms with Crippen LogP contribution in [0.15, 0.2) is 77.3 Å². The van der Waals surface area contributed by atoms with Crippen molar-refractivity contribution in [3.05, 3.63) is 98.4 Å². The van der Waals surface area contributed by atoms with Crippen LogP contribution in [0.25, 0.3) is 0 Å². The summed E-state index contributed by atoms with van der Waals surface area (Å²) in [5, 5.41) is 3.79. The molecule has 0 aliphatic heterocycles. The summed E-state index contributed by atoms with van der Waals surface area (Å²) in [7, 11) is 0. The van der Waals surface area contributed by atoms with Crippen LogP contribution >= 0.6 is 39.1 Å². The van der Waals surface area contributed by atoms with Crippen LogP contribution in [0.3, 0.4) is 0 Å². The molecule has 8 heteroatoms. The first kappa shape index (κ1) is 28.0. The van der Waals surface area contributed by atoms with Crippen LogP contribution in [0.4, 0.5) is 0 Å². The number of ether oxygens (including phenoxy) is 1. The average Bonchev–Trinajstić information content (AvgIpc) is 2.86. The molecule has 0 aliphatic carbocycles. The van der Waals surface area contributed by atoms with Gasteiger partial charge in [0, 0.05) is 29.0 Å². The fourth-order valence-corrected chi connectivity index (χ4v) is 4.62. The van der Waals surface area contributed by atoms with E-state index in [-0.39, 0.29) is 25.0 Å². The number of nitrogens with zero attached hydrogens (tertiary/aromatic N) is 1. The highest BCUT2D eigenvalue weighted by Crippen LogP contribution is 2.27. The van der Waals surface area contributed by atoms with Crippen LogP contribution < -0.4 is 10.1 Å². The SMILES string of the molecule is CCCCNC(=O)[C@@H](Cc1ccccc1)N(Cc1cccc(Br)c1)C(=O)COc1ccc(Cl)cc1Cl. The molecule has 2 amide bonds. The summed E-state index contributed by atoms with van der Waals surface area (Å²) in [5.41, 5.74) is 1.85. The summed E-state index contributed by atoms with van der Waals surface area (Å²) in [6.07, 6.45) is 2.20. The second-order valence-corrected chi connectivity index (χ2v) is 10.1. The Balaban J connectivity index is 1.89. The molecule has 0 spiro atoms. The summed E-state index contributed by atoms with van der Waals surface area (Å²) in [4.78, 5) is 28.6. The molecule has 3 rings (SSSR count). The lowest BCUT2D eigenvalue weighted by Gasteiger charge is -2.31. The minimum atomic E-state index is -0.722. The quantitative estimate of drug-likeness (QED) is 0.239. The van der Waals surface area contributed by atoms with Crippen molar-refractivity contribution in [2.75, 3.05) is 13.2 Å². The second kappa shape index (κ2) is 14.3. The van der Waals surface area contributed by atoms with E-state index in [9.17, 15) is 9.59 Å². The maximum atomic E-state index is 13.6. The van der Waals surface area contributed by atoms with Crippen LogP contribution in [0.1, 0.15) is 30.9 Å². The Kier molecular flexibility index (Phi) is 11.1. The van der Waals surface area contributed by atoms with E-state index >= 15 is 0 Å². The molecule has 0 fully saturated rings. The zero-order chi connectivity index (χ0) is 25.9. The summed E-state index contributed by atoms with van der Waals surface area (Å²) in [5.74, 6) is -0.170. The van der Waals surface area contributed by atoms with Gasteiger partial charge in [0.25, 0.3) is 5.91 Å². The molecule has 3 aromatic rings. The molecule has 3 aromatic carbocycles. The molecule has 0 saturated heterocycles. The van der Waals surface area contributed by atoms with Gasteiger partial charge >= 0.3 is 0 Å². The van der Waals surface area contributed by atoms with Crippen molar-refractivity contribution in [3.63, 3.8) is 0 Å². The first-order chi connectivity index (χ1) is 17.4. The molecule has 0 heterocycles. The van der Waals surface area contributed by atoms with Crippen LogP contribution in [-0.4, -0.2) is 35.9 Å². The predicted molar refractivity (Wildman–Crippen MR) is 149 cm³/mol. The summed E-state index contributed by atoms with van der Waals surface area (Å²) < 4.78 is 6.64. The first-order valence-electron chi connectivity index (χ1n) is 11.8. The lowest BCUT2D eigenvalue weighted by atomic mass is 10.0. The van der Waals surface area contributed by atoms with E-state index in [0.717, 1.165) is 28.4 Å². The lowest BCUT2D eigenvalue weighted by Crippen LogP contribution is -2.51. The third-order valence-electron chi connectivity index (χ3n) is 5.59. The first-order valence-corrected chi connectivity index (χ1v) is 13.4. The maximum absolute atomic E-state index is 13.6. The van der Waals surface area contributed by atoms with Gasteiger partial charge in [-0.2, -0.15) is 0 Å². The third-order valence-corrected chi connectivity index (χ3v) is 6.61. The fraction of sp³-hybridized carbons (Fsp3) is 0.286. The van der Waals surface area contributed by atoms with Crippen LogP contribution in [0.2, 0.25) is 10.0 Å². The number of unbranched alkanes of at least 4 members (excludes halogenated alkanes) is 1. The highest BCUT2D eigenvalue weighted by molar-refractivity contribution is 9.10. The van der Waals surface area contributed by atoms with Gasteiger partial charge in [0.1, 0.15) is 11.8 Å². The molecular formula is C28H29BrCl2N2O3. The van der Waals surface area contributed by atoms with Gasteiger partial charge in [-0.15, -0.1) is 0 Å². The van der Waals surface area contributed by atoms with Gasteiger partial charge in [-0.3, -0.25) is 9.59 Å². The van der Waals surface area contributed by atoms with Gasteiger partial charge in [-0.25, -0.2) is 0 Å². The molecule has 0 unspecified atom stereocenters. The van der Waals surface area contributed by atoms with Gasteiger partial charge in [0.05, 0.1) is 5.02 Å². The topological polar surface area (TPSA) is 58.6 Å². The van der Waals surface area contributed by atoms with Gasteiger partial charge in [-0.05, 0) is 47.9 Å². The van der Waals surface area contributed by atoms with E-state index in [2.05, 4.69) is 28.2 Å². The maximum Gasteiger partial charge on any atom is 0.261 e. The number of amides is 2. The van der Waals surface area contributed by atoms with Crippen LogP contribution in [0.5, 0.6) is 5.75 Å². The van der Waals surface area contributed by atoms with Crippen LogP contribution in [0, 0.1) is 0 Å². The minimum Gasteiger partial charge on any atom is -0.482 e. The summed E-state index contributed by atoms with van der Waals surface area (Å²) in [6.45, 7) is 2.59. The molecule has 0 radical (unpaired) electrons. The van der Waals surface area contributed by atoms with Gasteiger partial charge in [0.2, 0.25) is 5.91 Å². The van der Waals surface area contributed by atoms with Crippen molar-refractivity contribution in [1.29, 1.82) is 0 Å². The zero-order valence-electron chi connectivity index (χ0n) is 20.1. The standard InChI is InChI=1S/C28H29BrCl2N2O3/c1-2-3-14-32-28(35)25(16-20-8-5-4-6-9-20)33(18-21-10-7-11-22(29)15-21)27(34)19-36-26-13-12-23(30)17-24(26)31/h4-13,15,17,25H,2-3,14,16,18-19H2,1H3,(H,32,35)/t25-/m1/s1. The van der Waals surface area contributed by atoms with Crippen molar-refractivity contribution >= 4 is 50.9 Å². The Labute approximate surface area is 230 Å². The molecule has 36 heavy (non-hydrogen) atoms. The Hall–Kier alpha value is -2.54. The average molecular weight is 592 g/mol. The third kappa shape index (κ3) is 8.54. The Bertz CT molecular complexity index is 1160. The molecule has 190 valence electrons. The Morgan fingerprint density at radius 1 is 1.00 bits per heavy atom. The molecule has 0 bridgehead atoms. The highest BCUT2D eigenvalue weighted by Gasteiger charge is 2.30. The molecule has 1 atom stereocenters. The summed E-state index contributed by atoms with van der Waals surface area (Å²) in [6, 6.07) is 21.5. The Morgan fingerprint density at radius 3 is 2.44 bits per heavy atom. The van der Waals surface area contributed by atoms with E-state index in [1.54, 1.807) is 23.1 Å². The number of benzene rings is 3. The monoisotopic (exact) mass is 590 g/mol. The number of rotatable bonds is 12. The van der Waals surface area contributed by atoms with Crippen molar-refractivity contribution in [1.82, 2.24) is 10.2 Å². The number of nitrogens with one attached hydrogen (secondary N) is 1. The number of hydrogen-bond donors (Lipinski definition) is 1. The molecule has 0 saturated carbocycles. The lowest BCUT2D eigenvalue weighted by molar-refractivity contribution is -0.142. The number of carbonyl (C=O) groups excluding carboxylic acids is 2. The zero-order valence-corrected chi connectivity index (χ0v) is 23.2. The molecular weight excluding hydrogens is 563 g/mol. The Morgan fingerprint density at radius 2 is 1.75 bits per heavy atom. The molecule has 5 nitrogen and oxygen atoms in total. The predicted octanol–water partition coefficient (Wildman–Crippen LogP) is 6.69. The molecule has 0 aliphatic rings. The van der Waals surface area contributed by atoms with E-state index in [1.807, 2.05) is 54.6 Å². The molecule has 1 N–H and O–H groups in total. The van der Waals surface area contributed by atoms with Crippen molar-refractivity contribution in [2.24, 2.45) is 0 Å². The number of halogens is 3. The van der Waals surface area contributed by atoms with Gasteiger partial charge < -0.3 is 15.0 Å². The van der Waals surface area contributed by atoms with E-state index < -0.39 is 6.04 Å². The number of hydrogen-bond acceptors (Lipinski definition) is 3. The smallest absolute Gasteiger partial charge is 0.261 e. The van der Waals surface area contributed by atoms with Crippen molar-refractivity contribution in [3.8, 4) is 5.75 Å². The fourth-order valence-electron chi connectivity index (χ4n) is 3.71. The summed E-state index contributed by atoms with van der Waals surface area (Å²) >= 11 is 15.7. The van der Waals surface area contributed by atoms with E-state index in [4.69, 9.17) is 27.9 Å². The van der Waals surface area contributed by atoms with Gasteiger partial charge in [-0.1, -0.05) is 94.9 Å². The number of carbonyl (C=O) groups is 2. The van der Waals surface area contributed by atoms with Gasteiger partial charge in [0.15, 0.2) is 6.61 Å². The van der Waals surface area contributed by atoms with Crippen molar-refractivity contribution < 1.29 is 14.3 Å². The van der Waals surface area contributed by atoms with Crippen LogP contribution in [-0.2, 0) is 22.6 Å². The van der Waals surface area contributed by atoms with Crippen molar-refractivity contribution in [2.45, 2.75) is 38.8 Å². The molecule has 0 aromatic heterocycles.